The lowest BCUT2D eigenvalue weighted by molar-refractivity contribution is -0.131. The Kier molecular flexibility index (Phi) is 4.01. The molecule has 0 N–H and O–H groups in total. The number of amides is 1. The summed E-state index contributed by atoms with van der Waals surface area (Å²) >= 11 is 1.16. The quantitative estimate of drug-likeness (QED) is 0.722. The highest BCUT2D eigenvalue weighted by Gasteiger charge is 2.26. The predicted octanol–water partition coefficient (Wildman–Crippen LogP) is 3.57. The molecule has 0 saturated heterocycles. The monoisotopic (exact) mass is 354 g/mol. The zero-order valence-corrected chi connectivity index (χ0v) is 14.3. The van der Waals surface area contributed by atoms with Gasteiger partial charge in [-0.2, -0.15) is 13.8 Å². The maximum absolute atomic E-state index is 13.0. The highest BCUT2D eigenvalue weighted by Crippen LogP contribution is 2.24. The number of halogens is 1. The van der Waals surface area contributed by atoms with Crippen molar-refractivity contribution in [1.82, 2.24) is 13.8 Å². The van der Waals surface area contributed by atoms with Gasteiger partial charge < -0.3 is 0 Å². The van der Waals surface area contributed by atoms with Crippen LogP contribution in [0.25, 0.3) is 11.0 Å². The van der Waals surface area contributed by atoms with E-state index in [1.165, 1.54) is 17.1 Å². The van der Waals surface area contributed by atoms with E-state index in [4.69, 9.17) is 0 Å². The molecular weight excluding hydrogens is 339 g/mol. The van der Waals surface area contributed by atoms with E-state index in [1.807, 2.05) is 25.1 Å². The van der Waals surface area contributed by atoms with Crippen LogP contribution in [0, 0.1) is 5.82 Å². The van der Waals surface area contributed by atoms with Gasteiger partial charge in [0.05, 0.1) is 29.9 Å². The van der Waals surface area contributed by atoms with Crippen molar-refractivity contribution in [1.29, 1.82) is 0 Å². The van der Waals surface area contributed by atoms with Gasteiger partial charge in [0.25, 0.3) is 0 Å². The lowest BCUT2D eigenvalue weighted by atomic mass is 9.99. The van der Waals surface area contributed by atoms with Crippen LogP contribution in [-0.4, -0.2) is 31.9 Å². The zero-order valence-electron chi connectivity index (χ0n) is 13.5. The molecule has 0 fully saturated rings. The van der Waals surface area contributed by atoms with Crippen LogP contribution in [0.2, 0.25) is 0 Å². The first kappa shape index (κ1) is 15.8. The van der Waals surface area contributed by atoms with Crippen molar-refractivity contribution in [2.75, 3.05) is 6.54 Å². The number of hydrazone groups is 1. The molecule has 0 bridgehead atoms. The summed E-state index contributed by atoms with van der Waals surface area (Å²) in [5, 5.41) is 5.95. The fraction of sp³-hybridized carbons (Fsp3) is 0.222. The molecule has 7 heteroatoms. The van der Waals surface area contributed by atoms with Gasteiger partial charge in [0.2, 0.25) is 5.91 Å². The Balaban J connectivity index is 1.55. The molecule has 1 aliphatic heterocycles. The van der Waals surface area contributed by atoms with E-state index in [1.54, 1.807) is 12.1 Å². The second-order valence-electron chi connectivity index (χ2n) is 6.00. The zero-order chi connectivity index (χ0) is 17.4. The molecule has 0 saturated carbocycles. The minimum Gasteiger partial charge on any atom is -0.272 e. The first-order chi connectivity index (χ1) is 12.1. The van der Waals surface area contributed by atoms with Crippen molar-refractivity contribution >= 4 is 34.4 Å². The van der Waals surface area contributed by atoms with Crippen molar-refractivity contribution < 1.29 is 9.18 Å². The summed E-state index contributed by atoms with van der Waals surface area (Å²) < 4.78 is 21.4. The molecule has 0 aliphatic carbocycles. The molecule has 1 amide bonds. The summed E-state index contributed by atoms with van der Waals surface area (Å²) in [5.74, 6) is -0.655. The average Bonchev–Trinajstić information content (AvgIpc) is 3.29. The van der Waals surface area contributed by atoms with E-state index >= 15 is 0 Å². The Morgan fingerprint density at radius 2 is 1.92 bits per heavy atom. The van der Waals surface area contributed by atoms with E-state index in [0.29, 0.717) is 13.0 Å². The Bertz CT molecular complexity index is 967. The molecule has 0 radical (unpaired) electrons. The first-order valence-corrected chi connectivity index (χ1v) is 8.72. The van der Waals surface area contributed by atoms with Crippen LogP contribution >= 0.6 is 11.7 Å². The topological polar surface area (TPSA) is 58.5 Å². The normalized spacial score (nSPS) is 15.4. The van der Waals surface area contributed by atoms with Crippen molar-refractivity contribution in [3.8, 4) is 0 Å². The molecular formula is C18H15FN4OS. The lowest BCUT2D eigenvalue weighted by Gasteiger charge is -2.17. The third kappa shape index (κ3) is 3.02. The molecule has 1 aromatic heterocycles. The number of benzene rings is 2. The Morgan fingerprint density at radius 1 is 1.16 bits per heavy atom. The van der Waals surface area contributed by atoms with E-state index < -0.39 is 0 Å². The third-order valence-corrected chi connectivity index (χ3v) is 4.94. The van der Waals surface area contributed by atoms with Gasteiger partial charge in [0, 0.05) is 6.42 Å². The van der Waals surface area contributed by atoms with Gasteiger partial charge in [-0.3, -0.25) is 4.79 Å². The van der Waals surface area contributed by atoms with Crippen molar-refractivity contribution in [3.05, 3.63) is 59.4 Å². The third-order valence-electron chi connectivity index (χ3n) is 4.38. The molecule has 5 nitrogen and oxygen atoms in total. The van der Waals surface area contributed by atoms with Gasteiger partial charge in [-0.15, -0.1) is 0 Å². The van der Waals surface area contributed by atoms with Gasteiger partial charge in [0.15, 0.2) is 0 Å². The van der Waals surface area contributed by atoms with E-state index in [9.17, 15) is 9.18 Å². The van der Waals surface area contributed by atoms with Crippen LogP contribution in [0.1, 0.15) is 30.4 Å². The van der Waals surface area contributed by atoms with Gasteiger partial charge >= 0.3 is 0 Å². The van der Waals surface area contributed by atoms with E-state index in [0.717, 1.165) is 39.6 Å². The molecule has 126 valence electrons. The van der Waals surface area contributed by atoms with Crippen LogP contribution in [0.15, 0.2) is 47.6 Å². The second-order valence-corrected chi connectivity index (χ2v) is 6.53. The van der Waals surface area contributed by atoms with Gasteiger partial charge in [-0.25, -0.2) is 9.40 Å². The molecule has 1 atom stereocenters. The van der Waals surface area contributed by atoms with Crippen molar-refractivity contribution in [2.24, 2.45) is 5.10 Å². The minimum absolute atomic E-state index is 0.0559. The van der Waals surface area contributed by atoms with Crippen LogP contribution < -0.4 is 0 Å². The molecule has 1 aliphatic rings. The van der Waals surface area contributed by atoms with Crippen LogP contribution in [0.4, 0.5) is 4.39 Å². The average molecular weight is 354 g/mol. The maximum Gasteiger partial charge on any atom is 0.249 e. The summed E-state index contributed by atoms with van der Waals surface area (Å²) in [6, 6.07) is 11.9. The number of hydrogen-bond acceptors (Lipinski definition) is 5. The van der Waals surface area contributed by atoms with Crippen LogP contribution in [0.3, 0.4) is 0 Å². The number of hydrogen-bond donors (Lipinski definition) is 0. The summed E-state index contributed by atoms with van der Waals surface area (Å²) in [6.07, 6.45) is 0.666. The highest BCUT2D eigenvalue weighted by molar-refractivity contribution is 7.00. The number of carbonyl (C=O) groups excluding carboxylic acids is 1. The molecule has 4 rings (SSSR count). The summed E-state index contributed by atoms with van der Waals surface area (Å²) in [7, 11) is 0. The van der Waals surface area contributed by atoms with Crippen LogP contribution in [0.5, 0.6) is 0 Å². The standard InChI is InChI=1S/C18H15FN4OS/c1-11(13-4-7-16-17(10-13)22-25-21-16)18(24)23-9-8-15(20-23)12-2-5-14(19)6-3-12/h2-7,10-11H,8-9H2,1H3. The second kappa shape index (κ2) is 6.33. The van der Waals surface area contributed by atoms with Crippen molar-refractivity contribution in [3.63, 3.8) is 0 Å². The first-order valence-electron chi connectivity index (χ1n) is 7.99. The Labute approximate surface area is 148 Å². The van der Waals surface area contributed by atoms with Gasteiger partial charge in [-0.1, -0.05) is 18.2 Å². The van der Waals surface area contributed by atoms with Gasteiger partial charge in [0.1, 0.15) is 16.9 Å². The fourth-order valence-electron chi connectivity index (χ4n) is 2.90. The lowest BCUT2D eigenvalue weighted by Crippen LogP contribution is -2.28. The number of fused-ring (bicyclic) bond motifs is 1. The van der Waals surface area contributed by atoms with Crippen molar-refractivity contribution in [2.45, 2.75) is 19.3 Å². The molecule has 2 aromatic carbocycles. The molecule has 25 heavy (non-hydrogen) atoms. The number of rotatable bonds is 3. The fourth-order valence-corrected chi connectivity index (χ4v) is 3.41. The number of aromatic nitrogens is 2. The summed E-state index contributed by atoms with van der Waals surface area (Å²) in [5.41, 5.74) is 4.19. The number of carbonyl (C=O) groups is 1. The molecule has 1 unspecified atom stereocenters. The van der Waals surface area contributed by atoms with Crippen LogP contribution in [-0.2, 0) is 4.79 Å². The molecule has 3 aromatic rings. The predicted molar refractivity (Wildman–Crippen MR) is 95.1 cm³/mol. The smallest absolute Gasteiger partial charge is 0.249 e. The SMILES string of the molecule is CC(C(=O)N1CCC(c2ccc(F)cc2)=N1)c1ccc2nsnc2c1. The van der Waals surface area contributed by atoms with E-state index in [2.05, 4.69) is 13.8 Å². The highest BCUT2D eigenvalue weighted by atomic mass is 32.1. The van der Waals surface area contributed by atoms with E-state index in [-0.39, 0.29) is 17.6 Å². The van der Waals surface area contributed by atoms with Gasteiger partial charge in [-0.05, 0) is 42.3 Å². The largest absolute Gasteiger partial charge is 0.272 e. The summed E-state index contributed by atoms with van der Waals surface area (Å²) in [4.78, 5) is 12.8. The minimum atomic E-state index is -0.317. The Hall–Kier alpha value is -2.67. The number of nitrogens with zero attached hydrogens (tertiary/aromatic N) is 4. The molecule has 2 heterocycles. The Morgan fingerprint density at radius 3 is 2.72 bits per heavy atom. The maximum atomic E-state index is 13.0. The molecule has 0 spiro atoms. The summed E-state index contributed by atoms with van der Waals surface area (Å²) in [6.45, 7) is 2.41.